The summed E-state index contributed by atoms with van der Waals surface area (Å²) in [5, 5.41) is 0. The minimum Gasteiger partial charge on any atom is -0.489 e. The SMILES string of the molecule is c1ccc(COc2cccc(-c3nc(C4CCC4)n4ccnc(N5CCOCC5)c34)c2)cc1. The third kappa shape index (κ3) is 3.95. The molecule has 33 heavy (non-hydrogen) atoms. The molecule has 0 amide bonds. The van der Waals surface area contributed by atoms with Crippen molar-refractivity contribution in [3.63, 3.8) is 0 Å². The van der Waals surface area contributed by atoms with E-state index in [4.69, 9.17) is 19.4 Å². The lowest BCUT2D eigenvalue weighted by molar-refractivity contribution is 0.122. The zero-order chi connectivity index (χ0) is 22.0. The molecule has 0 spiro atoms. The molecule has 1 saturated heterocycles. The second-order valence-electron chi connectivity index (χ2n) is 8.82. The molecule has 6 nitrogen and oxygen atoms in total. The highest BCUT2D eigenvalue weighted by Gasteiger charge is 2.28. The van der Waals surface area contributed by atoms with Crippen LogP contribution in [0.1, 0.15) is 36.6 Å². The van der Waals surface area contributed by atoms with E-state index >= 15 is 0 Å². The highest BCUT2D eigenvalue weighted by atomic mass is 16.5. The molecular weight excluding hydrogens is 412 g/mol. The summed E-state index contributed by atoms with van der Waals surface area (Å²) in [7, 11) is 0. The Morgan fingerprint density at radius 2 is 1.85 bits per heavy atom. The predicted molar refractivity (Wildman–Crippen MR) is 129 cm³/mol. The summed E-state index contributed by atoms with van der Waals surface area (Å²) in [5.41, 5.74) is 4.28. The molecule has 2 aromatic carbocycles. The molecule has 0 atom stereocenters. The van der Waals surface area contributed by atoms with Crippen molar-refractivity contribution in [2.75, 3.05) is 31.2 Å². The first-order chi connectivity index (χ1) is 16.4. The van der Waals surface area contributed by atoms with Crippen LogP contribution in [-0.4, -0.2) is 40.7 Å². The fraction of sp³-hybridized carbons (Fsp3) is 0.333. The van der Waals surface area contributed by atoms with Gasteiger partial charge in [0.1, 0.15) is 29.4 Å². The molecule has 168 valence electrons. The van der Waals surface area contributed by atoms with Gasteiger partial charge in [-0.1, -0.05) is 48.9 Å². The Bertz CT molecular complexity index is 1240. The molecule has 0 N–H and O–H groups in total. The third-order valence-corrected chi connectivity index (χ3v) is 6.70. The quantitative estimate of drug-likeness (QED) is 0.419. The number of morpholine rings is 1. The number of fused-ring (bicyclic) bond motifs is 1. The Hall–Kier alpha value is -3.38. The van der Waals surface area contributed by atoms with E-state index in [9.17, 15) is 0 Å². The van der Waals surface area contributed by atoms with E-state index in [2.05, 4.69) is 45.8 Å². The zero-order valence-corrected chi connectivity index (χ0v) is 18.7. The molecule has 0 bridgehead atoms. The number of hydrogen-bond acceptors (Lipinski definition) is 5. The highest BCUT2D eigenvalue weighted by Crippen LogP contribution is 2.40. The Balaban J connectivity index is 1.41. The molecule has 2 aromatic heterocycles. The van der Waals surface area contributed by atoms with Crippen molar-refractivity contribution in [3.05, 3.63) is 78.4 Å². The van der Waals surface area contributed by atoms with Crippen LogP contribution in [0, 0.1) is 0 Å². The standard InChI is InChI=1S/C27H28N4O2/c1-2-6-20(7-3-1)19-33-23-11-5-10-22(18-23)24-25-27(30-14-16-32-17-15-30)28-12-13-31(25)26(29-24)21-8-4-9-21/h1-3,5-7,10-13,18,21H,4,8-9,14-17,19H2. The van der Waals surface area contributed by atoms with Crippen molar-refractivity contribution in [2.24, 2.45) is 0 Å². The molecule has 0 unspecified atom stereocenters. The monoisotopic (exact) mass is 440 g/mol. The maximum atomic E-state index is 6.12. The van der Waals surface area contributed by atoms with Crippen molar-refractivity contribution in [3.8, 4) is 17.0 Å². The van der Waals surface area contributed by atoms with Gasteiger partial charge in [0, 0.05) is 37.0 Å². The number of rotatable bonds is 6. The molecule has 0 radical (unpaired) electrons. The molecule has 4 aromatic rings. The number of nitrogens with zero attached hydrogens (tertiary/aromatic N) is 4. The van der Waals surface area contributed by atoms with Crippen LogP contribution in [0.4, 0.5) is 5.82 Å². The summed E-state index contributed by atoms with van der Waals surface area (Å²) in [5.74, 6) is 3.51. The van der Waals surface area contributed by atoms with Crippen LogP contribution in [0.5, 0.6) is 5.75 Å². The lowest BCUT2D eigenvalue weighted by Crippen LogP contribution is -2.37. The number of ether oxygens (including phenoxy) is 2. The van der Waals surface area contributed by atoms with Crippen molar-refractivity contribution >= 4 is 11.3 Å². The van der Waals surface area contributed by atoms with Crippen LogP contribution in [-0.2, 0) is 11.3 Å². The van der Waals surface area contributed by atoms with Crippen LogP contribution in [0.15, 0.2) is 67.0 Å². The van der Waals surface area contributed by atoms with E-state index in [1.54, 1.807) is 0 Å². The summed E-state index contributed by atoms with van der Waals surface area (Å²) in [4.78, 5) is 12.3. The van der Waals surface area contributed by atoms with E-state index in [-0.39, 0.29) is 0 Å². The Labute approximate surface area is 193 Å². The van der Waals surface area contributed by atoms with E-state index in [0.717, 1.165) is 66.0 Å². The van der Waals surface area contributed by atoms with Gasteiger partial charge in [0.25, 0.3) is 0 Å². The number of hydrogen-bond donors (Lipinski definition) is 0. The van der Waals surface area contributed by atoms with E-state index in [1.165, 1.54) is 19.3 Å². The summed E-state index contributed by atoms with van der Waals surface area (Å²) in [6.45, 7) is 3.68. The fourth-order valence-corrected chi connectivity index (χ4v) is 4.68. The second kappa shape index (κ2) is 8.87. The smallest absolute Gasteiger partial charge is 0.155 e. The number of anilines is 1. The van der Waals surface area contributed by atoms with Crippen molar-refractivity contribution in [1.29, 1.82) is 0 Å². The first kappa shape index (κ1) is 20.2. The minimum atomic E-state index is 0.517. The third-order valence-electron chi connectivity index (χ3n) is 6.70. The normalized spacial score (nSPS) is 16.7. The summed E-state index contributed by atoms with van der Waals surface area (Å²) in [6, 6.07) is 18.5. The summed E-state index contributed by atoms with van der Waals surface area (Å²) in [6.07, 6.45) is 7.66. The molecule has 2 fully saturated rings. The predicted octanol–water partition coefficient (Wildman–Crippen LogP) is 5.08. The van der Waals surface area contributed by atoms with Gasteiger partial charge >= 0.3 is 0 Å². The van der Waals surface area contributed by atoms with Gasteiger partial charge in [-0.05, 0) is 30.5 Å². The van der Waals surface area contributed by atoms with Crippen LogP contribution >= 0.6 is 0 Å². The molecule has 6 rings (SSSR count). The zero-order valence-electron chi connectivity index (χ0n) is 18.7. The first-order valence-corrected chi connectivity index (χ1v) is 11.8. The Morgan fingerprint density at radius 1 is 1.00 bits per heavy atom. The lowest BCUT2D eigenvalue weighted by atomic mass is 9.85. The van der Waals surface area contributed by atoms with E-state index in [1.807, 2.05) is 30.5 Å². The average Bonchev–Trinajstić information content (AvgIpc) is 3.22. The van der Waals surface area contributed by atoms with Gasteiger partial charge in [-0.15, -0.1) is 0 Å². The van der Waals surface area contributed by atoms with Crippen molar-refractivity contribution in [1.82, 2.24) is 14.4 Å². The van der Waals surface area contributed by atoms with Crippen LogP contribution < -0.4 is 9.64 Å². The Kier molecular flexibility index (Phi) is 5.44. The average molecular weight is 441 g/mol. The van der Waals surface area contributed by atoms with Crippen LogP contribution in [0.3, 0.4) is 0 Å². The van der Waals surface area contributed by atoms with Crippen molar-refractivity contribution in [2.45, 2.75) is 31.8 Å². The van der Waals surface area contributed by atoms with Crippen molar-refractivity contribution < 1.29 is 9.47 Å². The van der Waals surface area contributed by atoms with Gasteiger partial charge in [-0.25, -0.2) is 9.97 Å². The van der Waals surface area contributed by atoms with Gasteiger partial charge in [-0.3, -0.25) is 4.40 Å². The van der Waals surface area contributed by atoms with Gasteiger partial charge in [-0.2, -0.15) is 0 Å². The van der Waals surface area contributed by atoms with Gasteiger partial charge < -0.3 is 14.4 Å². The van der Waals surface area contributed by atoms with E-state index in [0.29, 0.717) is 12.5 Å². The number of aromatic nitrogens is 3. The second-order valence-corrected chi connectivity index (χ2v) is 8.82. The van der Waals surface area contributed by atoms with Gasteiger partial charge in [0.2, 0.25) is 0 Å². The molecular formula is C27H28N4O2. The highest BCUT2D eigenvalue weighted by molar-refractivity contribution is 5.87. The Morgan fingerprint density at radius 3 is 2.64 bits per heavy atom. The topological polar surface area (TPSA) is 51.9 Å². The maximum Gasteiger partial charge on any atom is 0.155 e. The lowest BCUT2D eigenvalue weighted by Gasteiger charge is -2.29. The molecule has 1 saturated carbocycles. The van der Waals surface area contributed by atoms with Gasteiger partial charge in [0.15, 0.2) is 5.82 Å². The largest absolute Gasteiger partial charge is 0.489 e. The van der Waals surface area contributed by atoms with Crippen LogP contribution in [0.25, 0.3) is 16.8 Å². The number of imidazole rings is 1. The maximum absolute atomic E-state index is 6.12. The minimum absolute atomic E-state index is 0.517. The fourth-order valence-electron chi connectivity index (χ4n) is 4.68. The van der Waals surface area contributed by atoms with Gasteiger partial charge in [0.05, 0.1) is 13.2 Å². The molecule has 1 aliphatic heterocycles. The molecule has 3 heterocycles. The molecule has 2 aliphatic rings. The number of benzene rings is 2. The molecule has 1 aliphatic carbocycles. The summed E-state index contributed by atoms with van der Waals surface area (Å²) < 4.78 is 14.0. The first-order valence-electron chi connectivity index (χ1n) is 11.8. The summed E-state index contributed by atoms with van der Waals surface area (Å²) >= 11 is 0. The van der Waals surface area contributed by atoms with E-state index < -0.39 is 0 Å². The van der Waals surface area contributed by atoms with Crippen LogP contribution in [0.2, 0.25) is 0 Å². The molecule has 6 heteroatoms.